The molecule has 0 aliphatic heterocycles. The maximum absolute atomic E-state index is 12.6. The first kappa shape index (κ1) is 17.8. The Labute approximate surface area is 149 Å². The minimum absolute atomic E-state index is 0.00235. The highest BCUT2D eigenvalue weighted by Gasteiger charge is 2.41. The molecule has 1 unspecified atom stereocenters. The summed E-state index contributed by atoms with van der Waals surface area (Å²) >= 11 is 0. The van der Waals surface area contributed by atoms with Crippen LogP contribution in [0.1, 0.15) is 70.0 Å². The van der Waals surface area contributed by atoms with E-state index in [1.165, 1.54) is 11.1 Å². The zero-order valence-corrected chi connectivity index (χ0v) is 15.4. The SMILES string of the molecule is CC(C)(C)OC(=O)NC1(CC(=O)NC2CCc3ccccc32)CCC1. The topological polar surface area (TPSA) is 67.4 Å². The van der Waals surface area contributed by atoms with Gasteiger partial charge in [-0.3, -0.25) is 4.79 Å². The van der Waals surface area contributed by atoms with Crippen molar-refractivity contribution in [2.45, 2.75) is 76.5 Å². The van der Waals surface area contributed by atoms with Crippen LogP contribution in [0, 0.1) is 0 Å². The molecule has 0 saturated heterocycles. The molecule has 0 spiro atoms. The summed E-state index contributed by atoms with van der Waals surface area (Å²) in [4.78, 5) is 24.7. The van der Waals surface area contributed by atoms with Crippen molar-refractivity contribution in [1.82, 2.24) is 10.6 Å². The van der Waals surface area contributed by atoms with Crippen molar-refractivity contribution < 1.29 is 14.3 Å². The minimum Gasteiger partial charge on any atom is -0.444 e. The summed E-state index contributed by atoms with van der Waals surface area (Å²) in [5.74, 6) is -0.00235. The number of alkyl carbamates (subject to hydrolysis) is 1. The molecule has 136 valence electrons. The fraction of sp³-hybridized carbons (Fsp3) is 0.600. The van der Waals surface area contributed by atoms with Crippen LogP contribution in [0.15, 0.2) is 24.3 Å². The highest BCUT2D eigenvalue weighted by atomic mass is 16.6. The first-order chi connectivity index (χ1) is 11.8. The van der Waals surface area contributed by atoms with Crippen molar-refractivity contribution in [2.75, 3.05) is 0 Å². The summed E-state index contributed by atoms with van der Waals surface area (Å²) in [6.07, 6.45) is 4.48. The summed E-state index contributed by atoms with van der Waals surface area (Å²) in [7, 11) is 0. The molecule has 0 radical (unpaired) electrons. The highest BCUT2D eigenvalue weighted by Crippen LogP contribution is 2.36. The van der Waals surface area contributed by atoms with Gasteiger partial charge in [-0.1, -0.05) is 24.3 Å². The van der Waals surface area contributed by atoms with Gasteiger partial charge in [0.25, 0.3) is 0 Å². The molecule has 1 aromatic rings. The third kappa shape index (κ3) is 4.33. The normalized spacial score (nSPS) is 21.0. The van der Waals surface area contributed by atoms with Crippen LogP contribution in [0.2, 0.25) is 0 Å². The number of hydrogen-bond donors (Lipinski definition) is 2. The van der Waals surface area contributed by atoms with Gasteiger partial charge in [0.2, 0.25) is 5.91 Å². The van der Waals surface area contributed by atoms with Crippen molar-refractivity contribution in [3.05, 3.63) is 35.4 Å². The molecule has 5 nitrogen and oxygen atoms in total. The van der Waals surface area contributed by atoms with E-state index in [0.717, 1.165) is 32.1 Å². The molecular formula is C20H28N2O3. The zero-order valence-electron chi connectivity index (χ0n) is 15.4. The van der Waals surface area contributed by atoms with Crippen molar-refractivity contribution >= 4 is 12.0 Å². The summed E-state index contributed by atoms with van der Waals surface area (Å²) in [5, 5.41) is 6.09. The Kier molecular flexibility index (Phi) is 4.76. The second kappa shape index (κ2) is 6.70. The summed E-state index contributed by atoms with van der Waals surface area (Å²) in [6, 6.07) is 8.35. The number of amides is 2. The monoisotopic (exact) mass is 344 g/mol. The number of carbonyl (C=O) groups excluding carboxylic acids is 2. The molecule has 5 heteroatoms. The molecule has 0 heterocycles. The van der Waals surface area contributed by atoms with Gasteiger partial charge in [-0.25, -0.2) is 4.79 Å². The number of benzene rings is 1. The van der Waals surface area contributed by atoms with Gasteiger partial charge in [0.05, 0.1) is 11.6 Å². The molecule has 1 saturated carbocycles. The molecule has 0 aromatic heterocycles. The molecule has 1 fully saturated rings. The van der Waals surface area contributed by atoms with Crippen molar-refractivity contribution in [3.8, 4) is 0 Å². The van der Waals surface area contributed by atoms with E-state index in [1.807, 2.05) is 32.9 Å². The largest absolute Gasteiger partial charge is 0.444 e. The van der Waals surface area contributed by atoms with Crippen LogP contribution in [0.3, 0.4) is 0 Å². The number of fused-ring (bicyclic) bond motifs is 1. The average Bonchev–Trinajstić information content (AvgIpc) is 2.86. The molecule has 2 aliphatic rings. The molecule has 2 aliphatic carbocycles. The van der Waals surface area contributed by atoms with E-state index in [9.17, 15) is 9.59 Å². The smallest absolute Gasteiger partial charge is 0.408 e. The van der Waals surface area contributed by atoms with Crippen molar-refractivity contribution in [3.63, 3.8) is 0 Å². The van der Waals surface area contributed by atoms with Crippen LogP contribution in [-0.2, 0) is 16.0 Å². The molecular weight excluding hydrogens is 316 g/mol. The summed E-state index contributed by atoms with van der Waals surface area (Å²) in [6.45, 7) is 5.51. The number of carbonyl (C=O) groups is 2. The molecule has 25 heavy (non-hydrogen) atoms. The van der Waals surface area contributed by atoms with Gasteiger partial charge < -0.3 is 15.4 Å². The van der Waals surface area contributed by atoms with Crippen LogP contribution in [-0.4, -0.2) is 23.1 Å². The van der Waals surface area contributed by atoms with Crippen LogP contribution in [0.4, 0.5) is 4.79 Å². The zero-order chi connectivity index (χ0) is 18.1. The summed E-state index contributed by atoms with van der Waals surface area (Å²) < 4.78 is 5.35. The fourth-order valence-electron chi connectivity index (χ4n) is 3.73. The van der Waals surface area contributed by atoms with Gasteiger partial charge >= 0.3 is 6.09 Å². The number of aryl methyl sites for hydroxylation is 1. The molecule has 1 atom stereocenters. The van der Waals surface area contributed by atoms with Crippen LogP contribution in [0.25, 0.3) is 0 Å². The number of hydrogen-bond acceptors (Lipinski definition) is 3. The lowest BCUT2D eigenvalue weighted by atomic mass is 9.74. The first-order valence-corrected chi connectivity index (χ1v) is 9.15. The van der Waals surface area contributed by atoms with Gasteiger partial charge in [0, 0.05) is 6.42 Å². The first-order valence-electron chi connectivity index (χ1n) is 9.15. The Balaban J connectivity index is 1.57. The maximum Gasteiger partial charge on any atom is 0.408 e. The van der Waals surface area contributed by atoms with E-state index in [2.05, 4.69) is 22.8 Å². The van der Waals surface area contributed by atoms with Crippen molar-refractivity contribution in [1.29, 1.82) is 0 Å². The molecule has 2 N–H and O–H groups in total. The standard InChI is InChI=1S/C20H28N2O3/c1-19(2,3)25-18(24)22-20(11-6-12-20)13-17(23)21-16-10-9-14-7-4-5-8-15(14)16/h4-5,7-8,16H,6,9-13H2,1-3H3,(H,21,23)(H,22,24). The van der Waals surface area contributed by atoms with Gasteiger partial charge in [-0.05, 0) is 64.0 Å². The quantitative estimate of drug-likeness (QED) is 0.876. The van der Waals surface area contributed by atoms with Crippen LogP contribution in [0.5, 0.6) is 0 Å². The van der Waals surface area contributed by atoms with Gasteiger partial charge in [-0.2, -0.15) is 0 Å². The second-order valence-corrected chi connectivity index (χ2v) is 8.30. The molecule has 3 rings (SSSR count). The Morgan fingerprint density at radius 2 is 1.96 bits per heavy atom. The van der Waals surface area contributed by atoms with Crippen LogP contribution < -0.4 is 10.6 Å². The lowest BCUT2D eigenvalue weighted by Crippen LogP contribution is -2.56. The molecule has 0 bridgehead atoms. The Morgan fingerprint density at radius 3 is 2.60 bits per heavy atom. The Hall–Kier alpha value is -2.04. The minimum atomic E-state index is -0.537. The van der Waals surface area contributed by atoms with E-state index < -0.39 is 17.2 Å². The predicted molar refractivity (Wildman–Crippen MR) is 96.2 cm³/mol. The lowest BCUT2D eigenvalue weighted by molar-refractivity contribution is -0.124. The lowest BCUT2D eigenvalue weighted by Gasteiger charge is -2.42. The third-order valence-electron chi connectivity index (χ3n) is 5.04. The van der Waals surface area contributed by atoms with E-state index >= 15 is 0 Å². The van der Waals surface area contributed by atoms with Crippen LogP contribution >= 0.6 is 0 Å². The molecule has 2 amide bonds. The van der Waals surface area contributed by atoms with Gasteiger partial charge in [-0.15, -0.1) is 0 Å². The number of ether oxygens (including phenoxy) is 1. The maximum atomic E-state index is 12.6. The fourth-order valence-corrected chi connectivity index (χ4v) is 3.73. The number of nitrogens with one attached hydrogen (secondary N) is 2. The number of rotatable bonds is 4. The Bertz CT molecular complexity index is 659. The van der Waals surface area contributed by atoms with E-state index in [-0.39, 0.29) is 11.9 Å². The Morgan fingerprint density at radius 1 is 1.24 bits per heavy atom. The highest BCUT2D eigenvalue weighted by molar-refractivity contribution is 5.79. The molecule has 1 aromatic carbocycles. The second-order valence-electron chi connectivity index (χ2n) is 8.30. The predicted octanol–water partition coefficient (Wildman–Crippen LogP) is 3.63. The third-order valence-corrected chi connectivity index (χ3v) is 5.04. The van der Waals surface area contributed by atoms with E-state index in [0.29, 0.717) is 6.42 Å². The summed E-state index contributed by atoms with van der Waals surface area (Å²) in [5.41, 5.74) is 1.55. The van der Waals surface area contributed by atoms with E-state index in [1.54, 1.807) is 0 Å². The van der Waals surface area contributed by atoms with Crippen molar-refractivity contribution in [2.24, 2.45) is 0 Å². The van der Waals surface area contributed by atoms with Gasteiger partial charge in [0.1, 0.15) is 5.60 Å². The average molecular weight is 344 g/mol. The van der Waals surface area contributed by atoms with E-state index in [4.69, 9.17) is 4.74 Å². The van der Waals surface area contributed by atoms with Gasteiger partial charge in [0.15, 0.2) is 0 Å².